The summed E-state index contributed by atoms with van der Waals surface area (Å²) in [5, 5.41) is 8.51. The Morgan fingerprint density at radius 1 is 1.32 bits per heavy atom. The minimum Gasteiger partial charge on any atom is -0.480 e. The van der Waals surface area contributed by atoms with Gasteiger partial charge in [0.2, 0.25) is 10.0 Å². The highest BCUT2D eigenvalue weighted by Gasteiger charge is 2.37. The Morgan fingerprint density at radius 2 is 1.89 bits per heavy atom. The largest absolute Gasteiger partial charge is 0.480 e. The summed E-state index contributed by atoms with van der Waals surface area (Å²) >= 11 is 0. The summed E-state index contributed by atoms with van der Waals surface area (Å²) in [4.78, 5) is 10.5. The molecule has 9 heteroatoms. The van der Waals surface area contributed by atoms with Crippen LogP contribution in [0.5, 0.6) is 0 Å². The minimum atomic E-state index is -4.75. The molecule has 1 fully saturated rings. The van der Waals surface area contributed by atoms with Crippen LogP contribution >= 0.6 is 0 Å². The molecule has 0 saturated heterocycles. The van der Waals surface area contributed by atoms with Crippen molar-refractivity contribution in [2.24, 2.45) is 5.92 Å². The predicted octanol–water partition coefficient (Wildman–Crippen LogP) is 1.46. The lowest BCUT2D eigenvalue weighted by molar-refractivity contribution is -0.146. The number of halogens is 3. The molecule has 0 radical (unpaired) electrons. The van der Waals surface area contributed by atoms with E-state index in [1.54, 1.807) is 0 Å². The molecule has 1 aliphatic rings. The van der Waals surface area contributed by atoms with Gasteiger partial charge in [-0.1, -0.05) is 19.3 Å². The van der Waals surface area contributed by atoms with E-state index < -0.39 is 41.0 Å². The average molecular weight is 303 g/mol. The Balaban J connectivity index is 2.66. The van der Waals surface area contributed by atoms with Crippen LogP contribution < -0.4 is 0 Å². The highest BCUT2D eigenvalue weighted by molar-refractivity contribution is 7.89. The van der Waals surface area contributed by atoms with Crippen molar-refractivity contribution in [3.8, 4) is 0 Å². The fraction of sp³-hybridized carbons (Fsp3) is 0.900. The van der Waals surface area contributed by atoms with E-state index in [-0.39, 0.29) is 16.6 Å². The lowest BCUT2D eigenvalue weighted by Gasteiger charge is -2.27. The van der Waals surface area contributed by atoms with Gasteiger partial charge in [0.15, 0.2) is 0 Å². The second kappa shape index (κ2) is 6.08. The van der Waals surface area contributed by atoms with Gasteiger partial charge in [0.1, 0.15) is 13.1 Å². The maximum Gasteiger partial charge on any atom is 0.402 e. The molecule has 19 heavy (non-hydrogen) atoms. The molecule has 0 unspecified atom stereocenters. The van der Waals surface area contributed by atoms with Crippen molar-refractivity contribution in [2.45, 2.75) is 31.9 Å². The van der Waals surface area contributed by atoms with Crippen LogP contribution in [0.15, 0.2) is 0 Å². The molecule has 1 rings (SSSR count). The van der Waals surface area contributed by atoms with E-state index in [1.165, 1.54) is 0 Å². The van der Waals surface area contributed by atoms with Gasteiger partial charge in [-0.25, -0.2) is 8.42 Å². The third-order valence-electron chi connectivity index (χ3n) is 3.07. The summed E-state index contributed by atoms with van der Waals surface area (Å²) in [5.41, 5.74) is 0. The molecule has 0 aromatic carbocycles. The number of hydrogen-bond donors (Lipinski definition) is 1. The van der Waals surface area contributed by atoms with Gasteiger partial charge in [0.05, 0.1) is 5.75 Å². The molecule has 112 valence electrons. The van der Waals surface area contributed by atoms with Gasteiger partial charge in [-0.3, -0.25) is 4.79 Å². The first kappa shape index (κ1) is 16.2. The normalized spacial score (nSPS) is 17.5. The van der Waals surface area contributed by atoms with Crippen LogP contribution in [0.4, 0.5) is 13.2 Å². The van der Waals surface area contributed by atoms with E-state index in [4.69, 9.17) is 5.11 Å². The summed E-state index contributed by atoms with van der Waals surface area (Å²) in [7, 11) is -4.19. The first-order valence-electron chi connectivity index (χ1n) is 5.86. The SMILES string of the molecule is O=C(O)CN(CC(F)(F)F)S(=O)(=O)CCC1CCC1. The maximum absolute atomic E-state index is 12.3. The molecule has 0 bridgehead atoms. The van der Waals surface area contributed by atoms with Crippen LogP contribution in [-0.2, 0) is 14.8 Å². The molecule has 0 aliphatic heterocycles. The van der Waals surface area contributed by atoms with Gasteiger partial charge in [-0.05, 0) is 12.3 Å². The molecule has 1 N–H and O–H groups in total. The van der Waals surface area contributed by atoms with Gasteiger partial charge in [-0.15, -0.1) is 0 Å². The summed E-state index contributed by atoms with van der Waals surface area (Å²) in [6, 6.07) is 0. The number of nitrogens with zero attached hydrogens (tertiary/aromatic N) is 1. The van der Waals surface area contributed by atoms with Crippen molar-refractivity contribution in [1.29, 1.82) is 0 Å². The van der Waals surface area contributed by atoms with Crippen molar-refractivity contribution in [1.82, 2.24) is 4.31 Å². The molecular formula is C10H16F3NO4S. The summed E-state index contributed by atoms with van der Waals surface area (Å²) in [5.74, 6) is -1.80. The van der Waals surface area contributed by atoms with Crippen LogP contribution in [0.2, 0.25) is 0 Å². The summed E-state index contributed by atoms with van der Waals surface area (Å²) in [6.07, 6.45) is -1.69. The smallest absolute Gasteiger partial charge is 0.402 e. The Bertz CT molecular complexity index is 417. The Labute approximate surface area is 109 Å². The number of sulfonamides is 1. The fourth-order valence-corrected chi connectivity index (χ4v) is 3.37. The minimum absolute atomic E-state index is 0.00595. The highest BCUT2D eigenvalue weighted by Crippen LogP contribution is 2.30. The monoisotopic (exact) mass is 303 g/mol. The Morgan fingerprint density at radius 3 is 2.26 bits per heavy atom. The summed E-state index contributed by atoms with van der Waals surface area (Å²) in [6.45, 7) is -2.92. The molecular weight excluding hydrogens is 287 g/mol. The van der Waals surface area contributed by atoms with E-state index in [2.05, 4.69) is 0 Å². The molecule has 0 amide bonds. The third-order valence-corrected chi connectivity index (χ3v) is 4.87. The van der Waals surface area contributed by atoms with E-state index >= 15 is 0 Å². The first-order chi connectivity index (χ1) is 8.60. The number of hydrogen-bond acceptors (Lipinski definition) is 3. The fourth-order valence-electron chi connectivity index (χ4n) is 1.83. The number of rotatable bonds is 7. The van der Waals surface area contributed by atoms with Crippen LogP contribution in [0.3, 0.4) is 0 Å². The van der Waals surface area contributed by atoms with Gasteiger partial charge >= 0.3 is 12.1 Å². The predicted molar refractivity (Wildman–Crippen MR) is 61.0 cm³/mol. The lowest BCUT2D eigenvalue weighted by Crippen LogP contribution is -2.43. The van der Waals surface area contributed by atoms with E-state index in [0.717, 1.165) is 19.3 Å². The molecule has 0 aromatic heterocycles. The molecule has 1 saturated carbocycles. The second-order valence-electron chi connectivity index (χ2n) is 4.68. The Kier molecular flexibility index (Phi) is 5.19. The van der Waals surface area contributed by atoms with Gasteiger partial charge in [0.25, 0.3) is 0 Å². The number of carbonyl (C=O) groups is 1. The molecule has 0 heterocycles. The molecule has 0 spiro atoms. The zero-order valence-electron chi connectivity index (χ0n) is 10.2. The van der Waals surface area contributed by atoms with Crippen LogP contribution in [0.1, 0.15) is 25.7 Å². The standard InChI is InChI=1S/C10H16F3NO4S/c11-10(12,13)7-14(6-9(15)16)19(17,18)5-4-8-2-1-3-8/h8H,1-7H2,(H,15,16). The van der Waals surface area contributed by atoms with Crippen LogP contribution in [0.25, 0.3) is 0 Å². The zero-order chi connectivity index (χ0) is 14.7. The molecule has 5 nitrogen and oxygen atoms in total. The van der Waals surface area contributed by atoms with Crippen molar-refractivity contribution in [3.05, 3.63) is 0 Å². The number of aliphatic carboxylic acids is 1. The zero-order valence-corrected chi connectivity index (χ0v) is 11.0. The molecule has 0 atom stereocenters. The number of alkyl halides is 3. The van der Waals surface area contributed by atoms with Crippen LogP contribution in [-0.4, -0.2) is 48.8 Å². The van der Waals surface area contributed by atoms with Crippen molar-refractivity contribution >= 4 is 16.0 Å². The van der Waals surface area contributed by atoms with E-state index in [1.807, 2.05) is 0 Å². The van der Waals surface area contributed by atoms with E-state index in [0.29, 0.717) is 0 Å². The Hall–Kier alpha value is -0.830. The van der Waals surface area contributed by atoms with Gasteiger partial charge < -0.3 is 5.11 Å². The lowest BCUT2D eigenvalue weighted by atomic mass is 9.84. The maximum atomic E-state index is 12.3. The average Bonchev–Trinajstić information content (AvgIpc) is 2.10. The van der Waals surface area contributed by atoms with Crippen LogP contribution in [0, 0.1) is 5.92 Å². The van der Waals surface area contributed by atoms with E-state index in [9.17, 15) is 26.4 Å². The van der Waals surface area contributed by atoms with Crippen molar-refractivity contribution in [2.75, 3.05) is 18.8 Å². The third kappa shape index (κ3) is 5.77. The summed E-state index contributed by atoms with van der Waals surface area (Å²) < 4.78 is 60.3. The topological polar surface area (TPSA) is 74.7 Å². The van der Waals surface area contributed by atoms with Gasteiger partial charge in [0, 0.05) is 0 Å². The number of carboxylic acid groups (broad SMARTS) is 1. The second-order valence-corrected chi connectivity index (χ2v) is 6.77. The molecule has 0 aromatic rings. The van der Waals surface area contributed by atoms with Crippen molar-refractivity contribution in [3.63, 3.8) is 0 Å². The highest BCUT2D eigenvalue weighted by atomic mass is 32.2. The quantitative estimate of drug-likeness (QED) is 0.772. The first-order valence-corrected chi connectivity index (χ1v) is 7.47. The number of carboxylic acids is 1. The molecule has 1 aliphatic carbocycles. The van der Waals surface area contributed by atoms with Crippen molar-refractivity contribution < 1.29 is 31.5 Å². The van der Waals surface area contributed by atoms with Gasteiger partial charge in [-0.2, -0.15) is 17.5 Å².